The fourth-order valence-electron chi connectivity index (χ4n) is 3.07. The number of hydrogen-bond donors (Lipinski definition) is 1. The maximum absolute atomic E-state index is 13.2. The molecule has 0 unspecified atom stereocenters. The maximum Gasteiger partial charge on any atom is 0.338 e. The molecule has 0 atom stereocenters. The van der Waals surface area contributed by atoms with E-state index in [1.165, 1.54) is 18.2 Å². The molecule has 0 aliphatic carbocycles. The van der Waals surface area contributed by atoms with Crippen LogP contribution in [-0.2, 0) is 14.9 Å². The SMILES string of the molecule is CCOC(=O)c1cc(NC(=O)c2ccccc2-c2nc(C(C)(C)C)no2)cc(C(=O)OCC)c1. The molecule has 0 radical (unpaired) electrons. The smallest absolute Gasteiger partial charge is 0.338 e. The molecule has 34 heavy (non-hydrogen) atoms. The summed E-state index contributed by atoms with van der Waals surface area (Å²) in [6.07, 6.45) is 0. The Hall–Kier alpha value is -4.01. The standard InChI is InChI=1S/C25H27N3O6/c1-6-32-22(30)15-12-16(23(31)33-7-2)14-17(13-15)26-20(29)18-10-8-9-11-19(18)21-27-24(28-34-21)25(3,4)5/h8-14H,6-7H2,1-5H3,(H,26,29). The van der Waals surface area contributed by atoms with Gasteiger partial charge in [0.25, 0.3) is 11.8 Å². The van der Waals surface area contributed by atoms with E-state index >= 15 is 0 Å². The Morgan fingerprint density at radius 2 is 1.53 bits per heavy atom. The minimum absolute atomic E-state index is 0.114. The maximum atomic E-state index is 13.2. The molecule has 0 saturated heterocycles. The number of carbonyl (C=O) groups is 3. The highest BCUT2D eigenvalue weighted by Gasteiger charge is 2.24. The monoisotopic (exact) mass is 465 g/mol. The number of esters is 2. The Morgan fingerprint density at radius 3 is 2.06 bits per heavy atom. The third-order valence-corrected chi connectivity index (χ3v) is 4.71. The molecule has 0 aliphatic heterocycles. The highest BCUT2D eigenvalue weighted by molar-refractivity contribution is 6.09. The van der Waals surface area contributed by atoms with Crippen LogP contribution in [0.25, 0.3) is 11.5 Å². The van der Waals surface area contributed by atoms with Gasteiger partial charge in [0.2, 0.25) is 0 Å². The van der Waals surface area contributed by atoms with Crippen molar-refractivity contribution >= 4 is 23.5 Å². The topological polar surface area (TPSA) is 121 Å². The molecule has 2 aromatic carbocycles. The van der Waals surface area contributed by atoms with Gasteiger partial charge >= 0.3 is 11.9 Å². The molecule has 0 fully saturated rings. The van der Waals surface area contributed by atoms with E-state index < -0.39 is 17.8 Å². The van der Waals surface area contributed by atoms with Gasteiger partial charge in [0.15, 0.2) is 5.82 Å². The molecule has 9 nitrogen and oxygen atoms in total. The lowest BCUT2D eigenvalue weighted by atomic mass is 9.96. The Labute approximate surface area is 197 Å². The lowest BCUT2D eigenvalue weighted by Crippen LogP contribution is -2.16. The number of nitrogens with one attached hydrogen (secondary N) is 1. The summed E-state index contributed by atoms with van der Waals surface area (Å²) in [4.78, 5) is 42.2. The largest absolute Gasteiger partial charge is 0.462 e. The lowest BCUT2D eigenvalue weighted by Gasteiger charge is -2.12. The van der Waals surface area contributed by atoms with Gasteiger partial charge in [-0.15, -0.1) is 0 Å². The number of ether oxygens (including phenoxy) is 2. The number of benzene rings is 2. The van der Waals surface area contributed by atoms with Crippen LogP contribution in [0.3, 0.4) is 0 Å². The average Bonchev–Trinajstić information content (AvgIpc) is 3.30. The highest BCUT2D eigenvalue weighted by atomic mass is 16.5. The van der Waals surface area contributed by atoms with Gasteiger partial charge < -0.3 is 19.3 Å². The van der Waals surface area contributed by atoms with Crippen molar-refractivity contribution in [1.29, 1.82) is 0 Å². The summed E-state index contributed by atoms with van der Waals surface area (Å²) in [7, 11) is 0. The van der Waals surface area contributed by atoms with Gasteiger partial charge in [-0.05, 0) is 44.2 Å². The van der Waals surface area contributed by atoms with E-state index in [1.54, 1.807) is 38.1 Å². The van der Waals surface area contributed by atoms with Crippen molar-refractivity contribution in [3.05, 3.63) is 65.0 Å². The molecule has 1 amide bonds. The Balaban J connectivity index is 1.96. The average molecular weight is 466 g/mol. The lowest BCUT2D eigenvalue weighted by molar-refractivity contribution is 0.0525. The quantitative estimate of drug-likeness (QED) is 0.501. The van der Waals surface area contributed by atoms with Crippen LogP contribution in [0.5, 0.6) is 0 Å². The zero-order valence-electron chi connectivity index (χ0n) is 19.8. The molecule has 3 rings (SSSR count). The first-order valence-corrected chi connectivity index (χ1v) is 10.9. The minimum Gasteiger partial charge on any atom is -0.462 e. The van der Waals surface area contributed by atoms with Gasteiger partial charge in [0.1, 0.15) is 0 Å². The van der Waals surface area contributed by atoms with Crippen LogP contribution in [0.2, 0.25) is 0 Å². The second kappa shape index (κ2) is 10.3. The molecule has 0 saturated carbocycles. The van der Waals surface area contributed by atoms with Crippen LogP contribution in [-0.4, -0.2) is 41.2 Å². The van der Waals surface area contributed by atoms with Crippen molar-refractivity contribution in [2.24, 2.45) is 0 Å². The second-order valence-electron chi connectivity index (χ2n) is 8.41. The van der Waals surface area contributed by atoms with Crippen molar-refractivity contribution in [3.63, 3.8) is 0 Å². The van der Waals surface area contributed by atoms with E-state index in [-0.39, 0.29) is 46.9 Å². The zero-order valence-corrected chi connectivity index (χ0v) is 19.8. The second-order valence-corrected chi connectivity index (χ2v) is 8.41. The number of hydrogen-bond acceptors (Lipinski definition) is 8. The van der Waals surface area contributed by atoms with Crippen molar-refractivity contribution in [2.75, 3.05) is 18.5 Å². The summed E-state index contributed by atoms with van der Waals surface area (Å²) in [6.45, 7) is 9.55. The number of anilines is 1. The molecule has 0 spiro atoms. The molecule has 0 bridgehead atoms. The van der Waals surface area contributed by atoms with Gasteiger partial charge in [0, 0.05) is 11.1 Å². The molecular formula is C25H27N3O6. The molecule has 0 aliphatic rings. The fourth-order valence-corrected chi connectivity index (χ4v) is 3.07. The number of aromatic nitrogens is 2. The van der Waals surface area contributed by atoms with Crippen molar-refractivity contribution in [3.8, 4) is 11.5 Å². The van der Waals surface area contributed by atoms with Crippen LogP contribution in [0.15, 0.2) is 47.0 Å². The van der Waals surface area contributed by atoms with Gasteiger partial charge in [-0.1, -0.05) is 38.1 Å². The Kier molecular flexibility index (Phi) is 7.45. The third kappa shape index (κ3) is 5.67. The van der Waals surface area contributed by atoms with Gasteiger partial charge in [-0.2, -0.15) is 4.98 Å². The fraction of sp³-hybridized carbons (Fsp3) is 0.320. The van der Waals surface area contributed by atoms with Gasteiger partial charge in [-0.25, -0.2) is 9.59 Å². The van der Waals surface area contributed by atoms with E-state index in [4.69, 9.17) is 14.0 Å². The number of amides is 1. The summed E-state index contributed by atoms with van der Waals surface area (Å²) in [5.41, 5.74) is 0.872. The number of carbonyl (C=O) groups excluding carboxylic acids is 3. The predicted molar refractivity (Wildman–Crippen MR) is 125 cm³/mol. The molecule has 1 aromatic heterocycles. The first kappa shape index (κ1) is 24.6. The molecule has 9 heteroatoms. The summed E-state index contributed by atoms with van der Waals surface area (Å²) < 4.78 is 15.5. The van der Waals surface area contributed by atoms with Crippen LogP contribution in [0.4, 0.5) is 5.69 Å². The molecule has 3 aromatic rings. The summed E-state index contributed by atoms with van der Waals surface area (Å²) >= 11 is 0. The van der Waals surface area contributed by atoms with E-state index in [9.17, 15) is 14.4 Å². The number of rotatable bonds is 7. The van der Waals surface area contributed by atoms with Crippen LogP contribution < -0.4 is 5.32 Å². The van der Waals surface area contributed by atoms with E-state index in [0.29, 0.717) is 11.4 Å². The van der Waals surface area contributed by atoms with Crippen molar-refractivity contribution < 1.29 is 28.4 Å². The highest BCUT2D eigenvalue weighted by Crippen LogP contribution is 2.27. The molecule has 1 heterocycles. The van der Waals surface area contributed by atoms with Gasteiger partial charge in [-0.3, -0.25) is 4.79 Å². The first-order valence-electron chi connectivity index (χ1n) is 10.9. The van der Waals surface area contributed by atoms with Crippen LogP contribution >= 0.6 is 0 Å². The van der Waals surface area contributed by atoms with E-state index in [0.717, 1.165) is 0 Å². The van der Waals surface area contributed by atoms with E-state index in [2.05, 4.69) is 15.5 Å². The van der Waals surface area contributed by atoms with Gasteiger partial charge in [0.05, 0.1) is 35.5 Å². The predicted octanol–water partition coefficient (Wildman–Crippen LogP) is 4.64. The molecule has 178 valence electrons. The van der Waals surface area contributed by atoms with Crippen LogP contribution in [0.1, 0.15) is 71.5 Å². The minimum atomic E-state index is -0.620. The third-order valence-electron chi connectivity index (χ3n) is 4.71. The first-order chi connectivity index (χ1) is 16.1. The zero-order chi connectivity index (χ0) is 24.9. The molecule has 1 N–H and O–H groups in total. The Morgan fingerprint density at radius 1 is 0.941 bits per heavy atom. The van der Waals surface area contributed by atoms with Crippen molar-refractivity contribution in [2.45, 2.75) is 40.0 Å². The summed E-state index contributed by atoms with van der Waals surface area (Å²) in [6, 6.07) is 11.0. The number of nitrogens with zero attached hydrogens (tertiary/aromatic N) is 2. The Bertz CT molecular complexity index is 1170. The molecular weight excluding hydrogens is 438 g/mol. The normalized spacial score (nSPS) is 11.1. The van der Waals surface area contributed by atoms with E-state index in [1.807, 2.05) is 20.8 Å². The summed E-state index contributed by atoms with van der Waals surface area (Å²) in [5.74, 6) is -1.00. The summed E-state index contributed by atoms with van der Waals surface area (Å²) in [5, 5.41) is 6.76. The van der Waals surface area contributed by atoms with Crippen LogP contribution in [0, 0.1) is 0 Å². The van der Waals surface area contributed by atoms with Crippen molar-refractivity contribution in [1.82, 2.24) is 10.1 Å².